The van der Waals surface area contributed by atoms with E-state index in [-0.39, 0.29) is 0 Å². The van der Waals surface area contributed by atoms with Gasteiger partial charge in [0.1, 0.15) is 0 Å². The monoisotopic (exact) mass is 256 g/mol. The van der Waals surface area contributed by atoms with Gasteiger partial charge in [0.25, 0.3) is 0 Å². The normalized spacial score (nSPS) is 11.6. The van der Waals surface area contributed by atoms with Crippen LogP contribution in [0.4, 0.5) is 0 Å². The molecule has 0 N–H and O–H groups in total. The molecule has 0 aliphatic rings. The van der Waals surface area contributed by atoms with Gasteiger partial charge in [-0.2, -0.15) is 0 Å². The van der Waals surface area contributed by atoms with Gasteiger partial charge in [-0.1, -0.05) is 30.1 Å². The summed E-state index contributed by atoms with van der Waals surface area (Å²) < 4.78 is 5.10. The van der Waals surface area contributed by atoms with E-state index in [0.717, 1.165) is 12.0 Å². The van der Waals surface area contributed by atoms with Crippen molar-refractivity contribution in [2.45, 2.75) is 26.2 Å². The minimum atomic E-state index is 0.313. The molecule has 0 saturated carbocycles. The SMILES string of the molecule is CC#CCC(C)c1cc(Cl)c(OC)c(Cl)c1. The van der Waals surface area contributed by atoms with E-state index < -0.39 is 0 Å². The van der Waals surface area contributed by atoms with Crippen LogP contribution in [-0.4, -0.2) is 7.11 Å². The Bertz CT molecular complexity index is 406. The molecular weight excluding hydrogens is 243 g/mol. The van der Waals surface area contributed by atoms with Crippen LogP contribution in [0.5, 0.6) is 5.75 Å². The van der Waals surface area contributed by atoms with Crippen molar-refractivity contribution in [3.05, 3.63) is 27.7 Å². The van der Waals surface area contributed by atoms with Crippen LogP contribution in [0.25, 0.3) is 0 Å². The molecule has 0 aliphatic heterocycles. The number of rotatable bonds is 3. The molecule has 3 heteroatoms. The third kappa shape index (κ3) is 3.07. The summed E-state index contributed by atoms with van der Waals surface area (Å²) in [6.07, 6.45) is 0.801. The lowest BCUT2D eigenvalue weighted by Gasteiger charge is -2.12. The molecule has 1 rings (SSSR count). The molecule has 0 fully saturated rings. The molecule has 1 atom stereocenters. The quantitative estimate of drug-likeness (QED) is 0.723. The van der Waals surface area contributed by atoms with Crippen LogP contribution in [0.1, 0.15) is 31.7 Å². The van der Waals surface area contributed by atoms with E-state index in [1.807, 2.05) is 19.1 Å². The fourth-order valence-electron chi connectivity index (χ4n) is 1.43. The highest BCUT2D eigenvalue weighted by Gasteiger charge is 2.12. The van der Waals surface area contributed by atoms with Gasteiger partial charge in [0.2, 0.25) is 0 Å². The number of ether oxygens (including phenoxy) is 1. The minimum Gasteiger partial charge on any atom is -0.494 e. The average molecular weight is 257 g/mol. The van der Waals surface area contributed by atoms with Crippen LogP contribution in [0.3, 0.4) is 0 Å². The van der Waals surface area contributed by atoms with Gasteiger partial charge in [-0.05, 0) is 30.5 Å². The standard InChI is InChI=1S/C13H14Cl2O/c1-4-5-6-9(2)10-7-11(14)13(16-3)12(15)8-10/h7-9H,6H2,1-3H3. The Kier molecular flexibility index (Phi) is 4.99. The predicted octanol–water partition coefficient (Wildman–Crippen LogP) is 4.52. The van der Waals surface area contributed by atoms with Gasteiger partial charge >= 0.3 is 0 Å². The van der Waals surface area contributed by atoms with Crippen molar-refractivity contribution >= 4 is 23.2 Å². The van der Waals surface area contributed by atoms with Crippen LogP contribution in [0, 0.1) is 11.8 Å². The van der Waals surface area contributed by atoms with Crippen LogP contribution in [0.15, 0.2) is 12.1 Å². The second-order valence-corrected chi connectivity index (χ2v) is 4.36. The first-order valence-electron chi connectivity index (χ1n) is 5.02. The third-order valence-corrected chi connectivity index (χ3v) is 2.94. The predicted molar refractivity (Wildman–Crippen MR) is 69.5 cm³/mol. The topological polar surface area (TPSA) is 9.23 Å². The molecule has 1 nitrogen and oxygen atoms in total. The zero-order chi connectivity index (χ0) is 12.1. The maximum absolute atomic E-state index is 6.07. The van der Waals surface area contributed by atoms with E-state index >= 15 is 0 Å². The van der Waals surface area contributed by atoms with Crippen molar-refractivity contribution in [3.63, 3.8) is 0 Å². The number of methoxy groups -OCH3 is 1. The lowest BCUT2D eigenvalue weighted by molar-refractivity contribution is 0.415. The summed E-state index contributed by atoms with van der Waals surface area (Å²) in [7, 11) is 1.55. The molecule has 0 spiro atoms. The fourth-order valence-corrected chi connectivity index (χ4v) is 2.09. The highest BCUT2D eigenvalue weighted by atomic mass is 35.5. The Hall–Kier alpha value is -0.840. The highest BCUT2D eigenvalue weighted by molar-refractivity contribution is 6.37. The minimum absolute atomic E-state index is 0.313. The smallest absolute Gasteiger partial charge is 0.156 e. The Morgan fingerprint density at radius 1 is 1.31 bits per heavy atom. The van der Waals surface area contributed by atoms with E-state index in [2.05, 4.69) is 18.8 Å². The Labute approximate surface area is 107 Å². The number of hydrogen-bond donors (Lipinski definition) is 0. The van der Waals surface area contributed by atoms with Crippen molar-refractivity contribution in [1.29, 1.82) is 0 Å². The van der Waals surface area contributed by atoms with Gasteiger partial charge in [0.15, 0.2) is 5.75 Å². The first-order valence-corrected chi connectivity index (χ1v) is 5.78. The Morgan fingerprint density at radius 3 is 2.31 bits per heavy atom. The van der Waals surface area contributed by atoms with Gasteiger partial charge in [-0.25, -0.2) is 0 Å². The zero-order valence-electron chi connectivity index (χ0n) is 9.60. The summed E-state index contributed by atoms with van der Waals surface area (Å²) in [5, 5.41) is 1.09. The summed E-state index contributed by atoms with van der Waals surface area (Å²) in [4.78, 5) is 0. The Morgan fingerprint density at radius 2 is 1.88 bits per heavy atom. The molecule has 86 valence electrons. The fraction of sp³-hybridized carbons (Fsp3) is 0.385. The van der Waals surface area contributed by atoms with Crippen LogP contribution >= 0.6 is 23.2 Å². The average Bonchev–Trinajstić information content (AvgIpc) is 2.25. The molecule has 0 saturated heterocycles. The molecule has 16 heavy (non-hydrogen) atoms. The molecule has 1 aromatic rings. The van der Waals surface area contributed by atoms with E-state index in [1.165, 1.54) is 0 Å². The lowest BCUT2D eigenvalue weighted by Crippen LogP contribution is -1.94. The molecule has 0 radical (unpaired) electrons. The Balaban J connectivity index is 3.01. The summed E-state index contributed by atoms with van der Waals surface area (Å²) in [5.41, 5.74) is 1.08. The number of hydrogen-bond acceptors (Lipinski definition) is 1. The first-order chi connectivity index (χ1) is 7.60. The van der Waals surface area contributed by atoms with Gasteiger partial charge < -0.3 is 4.74 Å². The van der Waals surface area contributed by atoms with E-state index in [0.29, 0.717) is 21.7 Å². The van der Waals surface area contributed by atoms with E-state index in [9.17, 15) is 0 Å². The van der Waals surface area contributed by atoms with Crippen molar-refractivity contribution < 1.29 is 4.74 Å². The van der Waals surface area contributed by atoms with Gasteiger partial charge in [0.05, 0.1) is 17.2 Å². The maximum Gasteiger partial charge on any atom is 0.156 e. The van der Waals surface area contributed by atoms with Crippen molar-refractivity contribution in [2.75, 3.05) is 7.11 Å². The maximum atomic E-state index is 6.07. The molecule has 0 aliphatic carbocycles. The van der Waals surface area contributed by atoms with Crippen molar-refractivity contribution in [1.82, 2.24) is 0 Å². The summed E-state index contributed by atoms with van der Waals surface area (Å²) in [6, 6.07) is 3.77. The van der Waals surface area contributed by atoms with Crippen LogP contribution in [0.2, 0.25) is 10.0 Å². The van der Waals surface area contributed by atoms with Crippen LogP contribution in [-0.2, 0) is 0 Å². The largest absolute Gasteiger partial charge is 0.494 e. The molecular formula is C13H14Cl2O. The summed E-state index contributed by atoms with van der Waals surface area (Å²) in [6.45, 7) is 3.93. The van der Waals surface area contributed by atoms with Crippen molar-refractivity contribution in [2.24, 2.45) is 0 Å². The lowest BCUT2D eigenvalue weighted by atomic mass is 9.98. The van der Waals surface area contributed by atoms with E-state index in [4.69, 9.17) is 27.9 Å². The number of halogens is 2. The van der Waals surface area contributed by atoms with Crippen molar-refractivity contribution in [3.8, 4) is 17.6 Å². The zero-order valence-corrected chi connectivity index (χ0v) is 11.1. The molecule has 0 amide bonds. The first kappa shape index (κ1) is 13.2. The number of benzene rings is 1. The summed E-state index contributed by atoms with van der Waals surface area (Å²) >= 11 is 12.1. The molecule has 1 unspecified atom stereocenters. The van der Waals surface area contributed by atoms with Crippen LogP contribution < -0.4 is 4.74 Å². The second kappa shape index (κ2) is 6.03. The molecule has 0 heterocycles. The van der Waals surface area contributed by atoms with E-state index in [1.54, 1.807) is 7.11 Å². The van der Waals surface area contributed by atoms with Gasteiger partial charge in [0, 0.05) is 6.42 Å². The molecule has 1 aromatic carbocycles. The third-order valence-electron chi connectivity index (χ3n) is 2.38. The second-order valence-electron chi connectivity index (χ2n) is 3.55. The van der Waals surface area contributed by atoms with Gasteiger partial charge in [-0.15, -0.1) is 11.8 Å². The highest BCUT2D eigenvalue weighted by Crippen LogP contribution is 2.36. The molecule has 0 aromatic heterocycles. The van der Waals surface area contributed by atoms with Gasteiger partial charge in [-0.3, -0.25) is 0 Å². The molecule has 0 bridgehead atoms. The summed E-state index contributed by atoms with van der Waals surface area (Å²) in [5.74, 6) is 6.77.